The summed E-state index contributed by atoms with van der Waals surface area (Å²) in [6, 6.07) is 12.2. The summed E-state index contributed by atoms with van der Waals surface area (Å²) in [5.41, 5.74) is 2.31. The third-order valence-corrected chi connectivity index (χ3v) is 6.90. The van der Waals surface area contributed by atoms with Crippen molar-refractivity contribution in [2.45, 2.75) is 46.7 Å². The number of rotatable bonds is 10. The zero-order valence-corrected chi connectivity index (χ0v) is 19.9. The first kappa shape index (κ1) is 23.5. The molecule has 1 aliphatic rings. The molecule has 1 fully saturated rings. The van der Waals surface area contributed by atoms with Crippen LogP contribution in [0.5, 0.6) is 0 Å². The number of likely N-dealkylation sites (tertiary alicyclic amines) is 1. The Kier molecular flexibility index (Phi) is 8.67. The van der Waals surface area contributed by atoms with E-state index < -0.39 is 0 Å². The number of nitrogens with zero attached hydrogens (tertiary/aromatic N) is 3. The molecule has 6 heteroatoms. The molecule has 168 valence electrons. The van der Waals surface area contributed by atoms with E-state index in [1.165, 1.54) is 23.3 Å². The van der Waals surface area contributed by atoms with Crippen LogP contribution in [0.3, 0.4) is 0 Å². The lowest BCUT2D eigenvalue weighted by Crippen LogP contribution is -2.46. The van der Waals surface area contributed by atoms with Gasteiger partial charge in [-0.25, -0.2) is 0 Å². The van der Waals surface area contributed by atoms with Crippen molar-refractivity contribution in [3.63, 3.8) is 0 Å². The molecule has 1 aliphatic heterocycles. The Morgan fingerprint density at radius 2 is 1.74 bits per heavy atom. The number of aryl methyl sites for hydroxylation is 1. The summed E-state index contributed by atoms with van der Waals surface area (Å²) in [6.45, 7) is 10.8. The van der Waals surface area contributed by atoms with Gasteiger partial charge in [-0.1, -0.05) is 44.2 Å². The van der Waals surface area contributed by atoms with Gasteiger partial charge < -0.3 is 14.7 Å². The van der Waals surface area contributed by atoms with Crippen LogP contribution in [-0.2, 0) is 22.7 Å². The maximum Gasteiger partial charge on any atom is 0.242 e. The van der Waals surface area contributed by atoms with E-state index in [2.05, 4.69) is 23.3 Å². The lowest BCUT2D eigenvalue weighted by atomic mass is 10.1. The largest absolute Gasteiger partial charge is 0.332 e. The molecule has 2 aromatic rings. The average Bonchev–Trinajstić information content (AvgIpc) is 3.42. The van der Waals surface area contributed by atoms with E-state index in [0.29, 0.717) is 19.6 Å². The molecule has 0 spiro atoms. The van der Waals surface area contributed by atoms with Gasteiger partial charge in [-0.3, -0.25) is 9.59 Å². The van der Waals surface area contributed by atoms with E-state index in [-0.39, 0.29) is 24.3 Å². The number of thiophene rings is 1. The highest BCUT2D eigenvalue weighted by Crippen LogP contribution is 2.20. The average molecular weight is 442 g/mol. The monoisotopic (exact) mass is 441 g/mol. The maximum atomic E-state index is 13.4. The lowest BCUT2D eigenvalue weighted by Gasteiger charge is -2.30. The Bertz CT molecular complexity index is 843. The quantitative estimate of drug-likeness (QED) is 0.556. The van der Waals surface area contributed by atoms with E-state index in [1.54, 1.807) is 16.2 Å². The molecule has 0 aliphatic carbocycles. The summed E-state index contributed by atoms with van der Waals surface area (Å²) in [5.74, 6) is -0.0555. The van der Waals surface area contributed by atoms with Crippen LogP contribution >= 0.6 is 11.3 Å². The summed E-state index contributed by atoms with van der Waals surface area (Å²) < 4.78 is 0. The standard InChI is InChI=1S/C25H35N3O2S/c1-20(2)25(30)27(15-14-26-12-7-8-13-26)19-24(29)28(17-22-9-5-4-6-10-22)18-23-21(3)11-16-31-23/h4-6,9-11,16,20H,7-8,12-15,17-19H2,1-3H3. The summed E-state index contributed by atoms with van der Waals surface area (Å²) in [4.78, 5) is 33.6. The van der Waals surface area contributed by atoms with Gasteiger partial charge in [0.2, 0.25) is 11.8 Å². The minimum Gasteiger partial charge on any atom is -0.332 e. The third-order valence-electron chi connectivity index (χ3n) is 5.89. The van der Waals surface area contributed by atoms with Crippen molar-refractivity contribution in [2.24, 2.45) is 5.92 Å². The number of hydrogen-bond acceptors (Lipinski definition) is 4. The van der Waals surface area contributed by atoms with E-state index in [4.69, 9.17) is 0 Å². The Morgan fingerprint density at radius 1 is 1.03 bits per heavy atom. The minimum absolute atomic E-state index is 0.00655. The summed E-state index contributed by atoms with van der Waals surface area (Å²) in [7, 11) is 0. The van der Waals surface area contributed by atoms with Crippen LogP contribution in [0.2, 0.25) is 0 Å². The van der Waals surface area contributed by atoms with Crippen LogP contribution in [0.15, 0.2) is 41.8 Å². The molecule has 5 nitrogen and oxygen atoms in total. The number of carbonyl (C=O) groups excluding carboxylic acids is 2. The van der Waals surface area contributed by atoms with Crippen molar-refractivity contribution in [1.82, 2.24) is 14.7 Å². The molecule has 0 saturated carbocycles. The summed E-state index contributed by atoms with van der Waals surface area (Å²) >= 11 is 1.68. The van der Waals surface area contributed by atoms with Crippen LogP contribution in [0, 0.1) is 12.8 Å². The maximum absolute atomic E-state index is 13.4. The first-order valence-corrected chi connectivity index (χ1v) is 12.2. The molecule has 31 heavy (non-hydrogen) atoms. The van der Waals surface area contributed by atoms with Crippen molar-refractivity contribution in [1.29, 1.82) is 0 Å². The van der Waals surface area contributed by atoms with Crippen LogP contribution in [0.25, 0.3) is 0 Å². The van der Waals surface area contributed by atoms with Gasteiger partial charge in [0.1, 0.15) is 0 Å². The molecule has 1 aromatic heterocycles. The predicted molar refractivity (Wildman–Crippen MR) is 127 cm³/mol. The highest BCUT2D eigenvalue weighted by atomic mass is 32.1. The fourth-order valence-corrected chi connectivity index (χ4v) is 4.86. The summed E-state index contributed by atoms with van der Waals surface area (Å²) in [5, 5.41) is 2.07. The molecule has 1 saturated heterocycles. The fraction of sp³-hybridized carbons (Fsp3) is 0.520. The van der Waals surface area contributed by atoms with Crippen LogP contribution in [-0.4, -0.2) is 59.2 Å². The van der Waals surface area contributed by atoms with Crippen molar-refractivity contribution in [3.8, 4) is 0 Å². The van der Waals surface area contributed by atoms with Crippen molar-refractivity contribution < 1.29 is 9.59 Å². The first-order valence-electron chi connectivity index (χ1n) is 11.3. The first-order chi connectivity index (χ1) is 14.9. The number of hydrogen-bond donors (Lipinski definition) is 0. The van der Waals surface area contributed by atoms with Gasteiger partial charge in [0.05, 0.1) is 13.1 Å². The highest BCUT2D eigenvalue weighted by Gasteiger charge is 2.25. The Hall–Kier alpha value is -2.18. The topological polar surface area (TPSA) is 43.9 Å². The van der Waals surface area contributed by atoms with E-state index in [1.807, 2.05) is 49.1 Å². The molecule has 0 N–H and O–H groups in total. The smallest absolute Gasteiger partial charge is 0.242 e. The molecular weight excluding hydrogens is 406 g/mol. The predicted octanol–water partition coefficient (Wildman–Crippen LogP) is 4.17. The fourth-order valence-electron chi connectivity index (χ4n) is 3.94. The van der Waals surface area contributed by atoms with Gasteiger partial charge in [-0.05, 0) is 55.4 Å². The third kappa shape index (κ3) is 6.91. The Morgan fingerprint density at radius 3 is 2.35 bits per heavy atom. The van der Waals surface area contributed by atoms with Crippen molar-refractivity contribution >= 4 is 23.2 Å². The number of benzene rings is 1. The van der Waals surface area contributed by atoms with Gasteiger partial charge >= 0.3 is 0 Å². The summed E-state index contributed by atoms with van der Waals surface area (Å²) in [6.07, 6.45) is 2.45. The molecule has 0 radical (unpaired) electrons. The number of amides is 2. The molecule has 0 atom stereocenters. The van der Waals surface area contributed by atoms with Crippen molar-refractivity contribution in [2.75, 3.05) is 32.7 Å². The van der Waals surface area contributed by atoms with E-state index in [9.17, 15) is 9.59 Å². The SMILES string of the molecule is Cc1ccsc1CN(Cc1ccccc1)C(=O)CN(CCN1CCCC1)C(=O)C(C)C. The molecular formula is C25H35N3O2S. The lowest BCUT2D eigenvalue weighted by molar-refractivity contribution is -0.143. The van der Waals surface area contributed by atoms with Gasteiger partial charge in [0.15, 0.2) is 0 Å². The van der Waals surface area contributed by atoms with Crippen LogP contribution in [0.1, 0.15) is 42.7 Å². The molecule has 1 aromatic carbocycles. The van der Waals surface area contributed by atoms with Crippen LogP contribution < -0.4 is 0 Å². The van der Waals surface area contributed by atoms with E-state index in [0.717, 1.165) is 25.2 Å². The Labute approximate surface area is 190 Å². The molecule has 2 heterocycles. The van der Waals surface area contributed by atoms with E-state index >= 15 is 0 Å². The minimum atomic E-state index is -0.117. The molecule has 2 amide bonds. The second-order valence-corrected chi connectivity index (χ2v) is 9.73. The second kappa shape index (κ2) is 11.4. The van der Waals surface area contributed by atoms with Gasteiger partial charge in [0, 0.05) is 30.4 Å². The normalized spacial score (nSPS) is 14.2. The zero-order valence-electron chi connectivity index (χ0n) is 19.0. The van der Waals surface area contributed by atoms with Gasteiger partial charge in [-0.15, -0.1) is 11.3 Å². The van der Waals surface area contributed by atoms with Gasteiger partial charge in [-0.2, -0.15) is 0 Å². The van der Waals surface area contributed by atoms with Crippen LogP contribution in [0.4, 0.5) is 0 Å². The Balaban J connectivity index is 1.72. The molecule has 0 unspecified atom stereocenters. The molecule has 3 rings (SSSR count). The van der Waals surface area contributed by atoms with Crippen molar-refractivity contribution in [3.05, 3.63) is 57.8 Å². The highest BCUT2D eigenvalue weighted by molar-refractivity contribution is 7.10. The molecule has 0 bridgehead atoms. The second-order valence-electron chi connectivity index (χ2n) is 8.73. The zero-order chi connectivity index (χ0) is 22.2. The van der Waals surface area contributed by atoms with Gasteiger partial charge in [0.25, 0.3) is 0 Å². The number of carbonyl (C=O) groups is 2.